The molecular formula is C16H19FN4O. The fourth-order valence-corrected chi connectivity index (χ4v) is 1.74. The molecule has 1 heterocycles. The molecule has 0 fully saturated rings. The maximum absolute atomic E-state index is 12.9. The SMILES string of the molecule is C=C(C)CN=C(N)NCCc1coc(-c2ccc(F)cc2)n1. The maximum atomic E-state index is 12.9. The molecular weight excluding hydrogens is 283 g/mol. The molecule has 5 nitrogen and oxygen atoms in total. The van der Waals surface area contributed by atoms with Gasteiger partial charge < -0.3 is 15.5 Å². The Morgan fingerprint density at radius 3 is 2.82 bits per heavy atom. The van der Waals surface area contributed by atoms with Gasteiger partial charge in [0, 0.05) is 18.5 Å². The summed E-state index contributed by atoms with van der Waals surface area (Å²) in [5.74, 6) is 0.563. The number of guanidine groups is 1. The second-order valence-electron chi connectivity index (χ2n) is 4.99. The zero-order valence-electron chi connectivity index (χ0n) is 12.5. The molecule has 0 unspecified atom stereocenters. The van der Waals surface area contributed by atoms with Crippen LogP contribution >= 0.6 is 0 Å². The highest BCUT2D eigenvalue weighted by Crippen LogP contribution is 2.18. The summed E-state index contributed by atoms with van der Waals surface area (Å²) in [6.07, 6.45) is 2.23. The molecule has 0 spiro atoms. The van der Waals surface area contributed by atoms with Crippen LogP contribution in [-0.2, 0) is 6.42 Å². The second-order valence-corrected chi connectivity index (χ2v) is 4.99. The summed E-state index contributed by atoms with van der Waals surface area (Å²) in [5.41, 5.74) is 8.19. The van der Waals surface area contributed by atoms with Crippen molar-refractivity contribution in [1.82, 2.24) is 10.3 Å². The van der Waals surface area contributed by atoms with Gasteiger partial charge in [-0.1, -0.05) is 12.2 Å². The fourth-order valence-electron chi connectivity index (χ4n) is 1.74. The molecule has 116 valence electrons. The van der Waals surface area contributed by atoms with E-state index in [0.717, 1.165) is 16.8 Å². The van der Waals surface area contributed by atoms with Crippen LogP contribution in [0.3, 0.4) is 0 Å². The first kappa shape index (κ1) is 15.8. The normalized spacial score (nSPS) is 11.5. The van der Waals surface area contributed by atoms with Crippen LogP contribution in [0, 0.1) is 5.82 Å². The van der Waals surface area contributed by atoms with Gasteiger partial charge in [-0.3, -0.25) is 0 Å². The third-order valence-corrected chi connectivity index (χ3v) is 2.85. The molecule has 1 aromatic heterocycles. The van der Waals surface area contributed by atoms with Crippen LogP contribution in [0.25, 0.3) is 11.5 Å². The average Bonchev–Trinajstić information content (AvgIpc) is 2.95. The van der Waals surface area contributed by atoms with Gasteiger partial charge in [0.2, 0.25) is 5.89 Å². The van der Waals surface area contributed by atoms with Crippen molar-refractivity contribution in [3.8, 4) is 11.5 Å². The van der Waals surface area contributed by atoms with E-state index in [-0.39, 0.29) is 5.82 Å². The molecule has 22 heavy (non-hydrogen) atoms. The number of rotatable bonds is 6. The number of nitrogens with one attached hydrogen (secondary N) is 1. The quantitative estimate of drug-likeness (QED) is 0.488. The summed E-state index contributed by atoms with van der Waals surface area (Å²) >= 11 is 0. The number of hydrogen-bond donors (Lipinski definition) is 2. The van der Waals surface area contributed by atoms with Crippen LogP contribution in [-0.4, -0.2) is 24.0 Å². The van der Waals surface area contributed by atoms with Crippen LogP contribution in [0.15, 0.2) is 52.1 Å². The van der Waals surface area contributed by atoms with Gasteiger partial charge in [-0.05, 0) is 31.2 Å². The lowest BCUT2D eigenvalue weighted by Crippen LogP contribution is -2.33. The Kier molecular flexibility index (Phi) is 5.30. The van der Waals surface area contributed by atoms with Crippen molar-refractivity contribution in [2.75, 3.05) is 13.1 Å². The zero-order chi connectivity index (χ0) is 15.9. The molecule has 0 amide bonds. The monoisotopic (exact) mass is 302 g/mol. The van der Waals surface area contributed by atoms with Crippen molar-refractivity contribution >= 4 is 5.96 Å². The molecule has 0 radical (unpaired) electrons. The van der Waals surface area contributed by atoms with Crippen LogP contribution in [0.2, 0.25) is 0 Å². The van der Waals surface area contributed by atoms with Crippen molar-refractivity contribution in [1.29, 1.82) is 0 Å². The number of hydrogen-bond acceptors (Lipinski definition) is 3. The summed E-state index contributed by atoms with van der Waals surface area (Å²) in [6.45, 7) is 6.76. The summed E-state index contributed by atoms with van der Waals surface area (Å²) in [5, 5.41) is 3.00. The summed E-state index contributed by atoms with van der Waals surface area (Å²) in [6, 6.07) is 6.01. The minimum absolute atomic E-state index is 0.288. The molecule has 0 saturated carbocycles. The number of aliphatic imine (C=N–C) groups is 1. The molecule has 3 N–H and O–H groups in total. The van der Waals surface area contributed by atoms with Crippen molar-refractivity contribution in [2.45, 2.75) is 13.3 Å². The maximum Gasteiger partial charge on any atom is 0.226 e. The standard InChI is InChI=1S/C16H19FN4O/c1-11(2)9-20-16(18)19-8-7-14-10-22-15(21-14)12-3-5-13(17)6-4-12/h3-6,10H,1,7-9H2,2H3,(H3,18,19,20). The fraction of sp³-hybridized carbons (Fsp3) is 0.250. The van der Waals surface area contributed by atoms with E-state index in [9.17, 15) is 4.39 Å². The molecule has 0 atom stereocenters. The van der Waals surface area contributed by atoms with Crippen LogP contribution in [0.1, 0.15) is 12.6 Å². The summed E-state index contributed by atoms with van der Waals surface area (Å²) < 4.78 is 18.3. The van der Waals surface area contributed by atoms with Gasteiger partial charge in [0.15, 0.2) is 5.96 Å². The lowest BCUT2D eigenvalue weighted by atomic mass is 10.2. The van der Waals surface area contributed by atoms with E-state index in [1.165, 1.54) is 12.1 Å². The van der Waals surface area contributed by atoms with E-state index in [1.807, 2.05) is 6.92 Å². The topological polar surface area (TPSA) is 76.4 Å². The van der Waals surface area contributed by atoms with Crippen molar-refractivity contribution in [3.63, 3.8) is 0 Å². The lowest BCUT2D eigenvalue weighted by molar-refractivity contribution is 0.571. The highest BCUT2D eigenvalue weighted by Gasteiger charge is 2.06. The minimum atomic E-state index is -0.288. The van der Waals surface area contributed by atoms with E-state index in [1.54, 1.807) is 18.4 Å². The largest absolute Gasteiger partial charge is 0.444 e. The van der Waals surface area contributed by atoms with Gasteiger partial charge in [-0.2, -0.15) is 0 Å². The number of oxazole rings is 1. The lowest BCUT2D eigenvalue weighted by Gasteiger charge is -2.03. The third kappa shape index (κ3) is 4.73. The van der Waals surface area contributed by atoms with Gasteiger partial charge >= 0.3 is 0 Å². The molecule has 2 rings (SSSR count). The zero-order valence-corrected chi connectivity index (χ0v) is 12.5. The van der Waals surface area contributed by atoms with E-state index >= 15 is 0 Å². The Morgan fingerprint density at radius 2 is 2.14 bits per heavy atom. The highest BCUT2D eigenvalue weighted by atomic mass is 19.1. The van der Waals surface area contributed by atoms with E-state index in [4.69, 9.17) is 10.2 Å². The first-order valence-electron chi connectivity index (χ1n) is 6.93. The number of halogens is 1. The van der Waals surface area contributed by atoms with E-state index in [0.29, 0.717) is 31.4 Å². The van der Waals surface area contributed by atoms with Gasteiger partial charge in [-0.15, -0.1) is 0 Å². The van der Waals surface area contributed by atoms with Crippen molar-refractivity contribution < 1.29 is 8.81 Å². The van der Waals surface area contributed by atoms with Crippen LogP contribution in [0.5, 0.6) is 0 Å². The first-order chi connectivity index (χ1) is 10.5. The third-order valence-electron chi connectivity index (χ3n) is 2.85. The Bertz CT molecular complexity index is 661. The predicted molar refractivity (Wildman–Crippen MR) is 84.9 cm³/mol. The molecule has 0 aliphatic carbocycles. The Balaban J connectivity index is 1.86. The highest BCUT2D eigenvalue weighted by molar-refractivity contribution is 5.77. The van der Waals surface area contributed by atoms with Gasteiger partial charge in [0.25, 0.3) is 0 Å². The Hall–Kier alpha value is -2.63. The average molecular weight is 302 g/mol. The summed E-state index contributed by atoms with van der Waals surface area (Å²) in [7, 11) is 0. The Morgan fingerprint density at radius 1 is 1.41 bits per heavy atom. The minimum Gasteiger partial charge on any atom is -0.444 e. The smallest absolute Gasteiger partial charge is 0.226 e. The first-order valence-corrected chi connectivity index (χ1v) is 6.93. The van der Waals surface area contributed by atoms with Gasteiger partial charge in [0.1, 0.15) is 12.1 Å². The number of aromatic nitrogens is 1. The molecule has 2 aromatic rings. The van der Waals surface area contributed by atoms with Crippen LogP contribution in [0.4, 0.5) is 4.39 Å². The molecule has 6 heteroatoms. The second kappa shape index (κ2) is 7.40. The number of nitrogens with zero attached hydrogens (tertiary/aromatic N) is 2. The predicted octanol–water partition coefficient (Wildman–Crippen LogP) is 2.50. The molecule has 0 bridgehead atoms. The Labute approximate surface area is 128 Å². The summed E-state index contributed by atoms with van der Waals surface area (Å²) in [4.78, 5) is 8.48. The molecule has 0 saturated heterocycles. The molecule has 0 aliphatic rings. The van der Waals surface area contributed by atoms with Crippen molar-refractivity contribution in [2.24, 2.45) is 10.7 Å². The molecule has 1 aromatic carbocycles. The van der Waals surface area contributed by atoms with Gasteiger partial charge in [0.05, 0.1) is 12.2 Å². The van der Waals surface area contributed by atoms with Crippen LogP contribution < -0.4 is 11.1 Å². The number of nitrogens with two attached hydrogens (primary N) is 1. The van der Waals surface area contributed by atoms with Crippen molar-refractivity contribution in [3.05, 3.63) is 54.2 Å². The number of benzene rings is 1. The van der Waals surface area contributed by atoms with E-state index in [2.05, 4.69) is 21.9 Å². The van der Waals surface area contributed by atoms with E-state index < -0.39 is 0 Å². The molecule has 0 aliphatic heterocycles. The van der Waals surface area contributed by atoms with Gasteiger partial charge in [-0.25, -0.2) is 14.4 Å².